The molecular formula is C21H25N5O. The van der Waals surface area contributed by atoms with Crippen molar-refractivity contribution in [3.8, 4) is 0 Å². The maximum absolute atomic E-state index is 12.5. The normalized spacial score (nSPS) is 20.0. The second-order valence-electron chi connectivity index (χ2n) is 7.37. The van der Waals surface area contributed by atoms with Crippen molar-refractivity contribution in [1.82, 2.24) is 25.0 Å². The van der Waals surface area contributed by atoms with Gasteiger partial charge in [-0.2, -0.15) is 5.10 Å². The van der Waals surface area contributed by atoms with E-state index in [1.165, 1.54) is 5.39 Å². The molecule has 3 heterocycles. The Kier molecular flexibility index (Phi) is 4.44. The van der Waals surface area contributed by atoms with Gasteiger partial charge in [-0.15, -0.1) is 0 Å². The van der Waals surface area contributed by atoms with Gasteiger partial charge in [0.2, 0.25) is 5.91 Å². The van der Waals surface area contributed by atoms with Gasteiger partial charge in [0.1, 0.15) is 0 Å². The van der Waals surface area contributed by atoms with E-state index >= 15 is 0 Å². The molecule has 1 aliphatic rings. The lowest BCUT2D eigenvalue weighted by atomic mass is 9.98. The average Bonchev–Trinajstić information content (AvgIpc) is 3.08. The van der Waals surface area contributed by atoms with Gasteiger partial charge in [0.05, 0.1) is 11.7 Å². The third-order valence-electron chi connectivity index (χ3n) is 5.75. The van der Waals surface area contributed by atoms with Crippen LogP contribution in [0.2, 0.25) is 0 Å². The number of nitrogens with zero attached hydrogens (tertiary/aromatic N) is 4. The maximum atomic E-state index is 12.5. The number of carbonyl (C=O) groups is 1. The molecule has 1 fully saturated rings. The van der Waals surface area contributed by atoms with E-state index in [0.29, 0.717) is 13.0 Å². The molecule has 0 unspecified atom stereocenters. The number of aryl methyl sites for hydroxylation is 2. The largest absolute Gasteiger partial charge is 0.337 e. The topological polar surface area (TPSA) is 63.1 Å². The van der Waals surface area contributed by atoms with Crippen LogP contribution in [0.5, 0.6) is 0 Å². The molecule has 1 N–H and O–H groups in total. The molecule has 1 saturated heterocycles. The predicted octanol–water partition coefficient (Wildman–Crippen LogP) is 2.65. The van der Waals surface area contributed by atoms with E-state index in [-0.39, 0.29) is 18.0 Å². The first kappa shape index (κ1) is 17.7. The number of aromatic nitrogens is 3. The van der Waals surface area contributed by atoms with Crippen molar-refractivity contribution in [2.24, 2.45) is 7.05 Å². The summed E-state index contributed by atoms with van der Waals surface area (Å²) in [6.45, 7) is 4.76. The summed E-state index contributed by atoms with van der Waals surface area (Å²) in [4.78, 5) is 18.7. The van der Waals surface area contributed by atoms with Crippen LogP contribution in [0.4, 0.5) is 0 Å². The minimum Gasteiger partial charge on any atom is -0.337 e. The van der Waals surface area contributed by atoms with Gasteiger partial charge < -0.3 is 10.2 Å². The van der Waals surface area contributed by atoms with Gasteiger partial charge >= 0.3 is 0 Å². The Morgan fingerprint density at radius 1 is 1.19 bits per heavy atom. The molecule has 4 rings (SSSR count). The number of carbonyl (C=O) groups excluding carboxylic acids is 1. The number of likely N-dealkylation sites (N-methyl/N-ethyl adjacent to an activating group) is 1. The lowest BCUT2D eigenvalue weighted by Crippen LogP contribution is -2.35. The maximum Gasteiger partial charge on any atom is 0.224 e. The van der Waals surface area contributed by atoms with Crippen molar-refractivity contribution in [1.29, 1.82) is 0 Å². The molecule has 0 saturated carbocycles. The zero-order valence-electron chi connectivity index (χ0n) is 16.2. The monoisotopic (exact) mass is 363 g/mol. The Bertz CT molecular complexity index is 1000. The van der Waals surface area contributed by atoms with Crippen molar-refractivity contribution in [2.75, 3.05) is 7.05 Å². The Morgan fingerprint density at radius 3 is 2.70 bits per heavy atom. The van der Waals surface area contributed by atoms with Crippen LogP contribution in [0.3, 0.4) is 0 Å². The van der Waals surface area contributed by atoms with Gasteiger partial charge in [0.15, 0.2) is 0 Å². The van der Waals surface area contributed by atoms with Crippen LogP contribution in [0.25, 0.3) is 10.8 Å². The van der Waals surface area contributed by atoms with E-state index in [2.05, 4.69) is 34.5 Å². The summed E-state index contributed by atoms with van der Waals surface area (Å²) in [6, 6.07) is 8.30. The van der Waals surface area contributed by atoms with E-state index in [4.69, 9.17) is 0 Å². The summed E-state index contributed by atoms with van der Waals surface area (Å²) >= 11 is 0. The number of rotatable bonds is 4. The van der Waals surface area contributed by atoms with Gasteiger partial charge in [-0.25, -0.2) is 0 Å². The highest BCUT2D eigenvalue weighted by molar-refractivity contribution is 5.84. The van der Waals surface area contributed by atoms with Crippen LogP contribution in [-0.2, 0) is 18.4 Å². The Hall–Kier alpha value is -2.73. The van der Waals surface area contributed by atoms with E-state index in [9.17, 15) is 4.79 Å². The van der Waals surface area contributed by atoms with Gasteiger partial charge in [-0.05, 0) is 24.8 Å². The van der Waals surface area contributed by atoms with Gasteiger partial charge in [-0.3, -0.25) is 14.5 Å². The summed E-state index contributed by atoms with van der Waals surface area (Å²) < 4.78 is 1.90. The summed E-state index contributed by atoms with van der Waals surface area (Å²) in [7, 11) is 3.84. The van der Waals surface area contributed by atoms with E-state index in [1.54, 1.807) is 0 Å². The highest BCUT2D eigenvalue weighted by Gasteiger charge is 2.40. The Balaban J connectivity index is 1.63. The minimum atomic E-state index is -0.00543. The Morgan fingerprint density at radius 2 is 1.96 bits per heavy atom. The molecule has 3 aromatic rings. The molecule has 2 atom stereocenters. The second-order valence-corrected chi connectivity index (χ2v) is 7.37. The van der Waals surface area contributed by atoms with Crippen molar-refractivity contribution in [3.63, 3.8) is 0 Å². The van der Waals surface area contributed by atoms with Gasteiger partial charge in [0.25, 0.3) is 0 Å². The third kappa shape index (κ3) is 3.00. The number of nitrogens with one attached hydrogen (secondary N) is 1. The van der Waals surface area contributed by atoms with Crippen molar-refractivity contribution >= 4 is 16.7 Å². The smallest absolute Gasteiger partial charge is 0.224 e. The van der Waals surface area contributed by atoms with Crippen molar-refractivity contribution in [3.05, 3.63) is 59.2 Å². The van der Waals surface area contributed by atoms with Crippen LogP contribution in [0.15, 0.2) is 36.7 Å². The van der Waals surface area contributed by atoms with E-state index in [1.807, 2.05) is 55.1 Å². The molecule has 0 aliphatic carbocycles. The number of likely N-dealkylation sites (tertiary alicyclic amines) is 1. The zero-order valence-corrected chi connectivity index (χ0v) is 16.2. The predicted molar refractivity (Wildman–Crippen MR) is 105 cm³/mol. The fraction of sp³-hybridized carbons (Fsp3) is 0.381. The van der Waals surface area contributed by atoms with Crippen molar-refractivity contribution in [2.45, 2.75) is 38.9 Å². The molecule has 2 aromatic heterocycles. The molecule has 140 valence electrons. The molecule has 0 bridgehead atoms. The minimum absolute atomic E-state index is 0.00543. The molecule has 1 aliphatic heterocycles. The number of hydrogen-bond donors (Lipinski definition) is 1. The molecular weight excluding hydrogens is 338 g/mol. The number of amides is 1. The van der Waals surface area contributed by atoms with Crippen LogP contribution >= 0.6 is 0 Å². The van der Waals surface area contributed by atoms with E-state index in [0.717, 1.165) is 27.9 Å². The molecule has 0 radical (unpaired) electrons. The lowest BCUT2D eigenvalue weighted by Gasteiger charge is -2.26. The highest BCUT2D eigenvalue weighted by Crippen LogP contribution is 2.35. The fourth-order valence-corrected chi connectivity index (χ4v) is 4.23. The number of benzene rings is 1. The van der Waals surface area contributed by atoms with Crippen LogP contribution in [0.1, 0.15) is 35.0 Å². The first-order valence-electron chi connectivity index (χ1n) is 9.28. The summed E-state index contributed by atoms with van der Waals surface area (Å²) in [5.74, 6) is 0.163. The van der Waals surface area contributed by atoms with Crippen LogP contribution < -0.4 is 5.32 Å². The highest BCUT2D eigenvalue weighted by atomic mass is 16.2. The first-order valence-corrected chi connectivity index (χ1v) is 9.28. The molecule has 1 aromatic carbocycles. The quantitative estimate of drug-likeness (QED) is 0.774. The second kappa shape index (κ2) is 6.78. The molecule has 0 spiro atoms. The lowest BCUT2D eigenvalue weighted by molar-refractivity contribution is -0.127. The number of fused-ring (bicyclic) bond motifs is 1. The Labute approximate surface area is 159 Å². The third-order valence-corrected chi connectivity index (χ3v) is 5.75. The summed E-state index contributed by atoms with van der Waals surface area (Å²) in [5, 5.41) is 10.5. The SMILES string of the molecule is Cc1nn(C)c(C)c1[C@H]1[C@H](NCc2cncc3ccccc23)CC(=O)N1C. The van der Waals surface area contributed by atoms with Crippen LogP contribution in [0, 0.1) is 13.8 Å². The van der Waals surface area contributed by atoms with Gasteiger partial charge in [-0.1, -0.05) is 24.3 Å². The molecule has 1 amide bonds. The number of pyridine rings is 1. The van der Waals surface area contributed by atoms with Gasteiger partial charge in [0, 0.05) is 62.1 Å². The van der Waals surface area contributed by atoms with Crippen molar-refractivity contribution < 1.29 is 4.79 Å². The zero-order chi connectivity index (χ0) is 19.1. The van der Waals surface area contributed by atoms with E-state index < -0.39 is 0 Å². The van der Waals surface area contributed by atoms with Crippen LogP contribution in [-0.4, -0.2) is 38.7 Å². The molecule has 6 nitrogen and oxygen atoms in total. The average molecular weight is 363 g/mol. The molecule has 27 heavy (non-hydrogen) atoms. The summed E-state index contributed by atoms with van der Waals surface area (Å²) in [6.07, 6.45) is 4.29. The number of hydrogen-bond acceptors (Lipinski definition) is 4. The molecule has 6 heteroatoms. The summed E-state index contributed by atoms with van der Waals surface area (Å²) in [5.41, 5.74) is 4.39. The standard InChI is InChI=1S/C21H25N5O/c1-13-20(14(2)26(4)24-13)21-18(9-19(27)25(21)3)23-12-16-11-22-10-15-7-5-6-8-17(15)16/h5-8,10-11,18,21,23H,9,12H2,1-4H3/t18-,21-/m1/s1. The fourth-order valence-electron chi connectivity index (χ4n) is 4.23. The first-order chi connectivity index (χ1) is 13.0.